The fraction of sp³-hybridized carbons (Fsp3) is 0.526. The molecule has 8 heteroatoms. The van der Waals surface area contributed by atoms with Crippen LogP contribution in [0.4, 0.5) is 13.2 Å². The van der Waals surface area contributed by atoms with Crippen molar-refractivity contribution in [3.8, 4) is 5.75 Å². The number of halogens is 3. The molecule has 3 atom stereocenters. The minimum Gasteiger partial charge on any atom is -0.493 e. The second kappa shape index (κ2) is 9.75. The van der Waals surface area contributed by atoms with E-state index < -0.39 is 18.0 Å². The molecule has 0 aromatic heterocycles. The van der Waals surface area contributed by atoms with Gasteiger partial charge in [-0.25, -0.2) is 0 Å². The monoisotopic (exact) mass is 388 g/mol. The molecule has 1 aromatic carbocycles. The molecule has 0 spiro atoms. The van der Waals surface area contributed by atoms with Crippen molar-refractivity contribution in [2.24, 2.45) is 11.8 Å². The maximum atomic E-state index is 12.7. The average molecular weight is 388 g/mol. The Kier molecular flexibility index (Phi) is 7.67. The number of hydrogen-bond acceptors (Lipinski definition) is 5. The first-order valence-electron chi connectivity index (χ1n) is 8.73. The van der Waals surface area contributed by atoms with Crippen molar-refractivity contribution in [3.63, 3.8) is 0 Å². The summed E-state index contributed by atoms with van der Waals surface area (Å²) in [4.78, 5) is 10.6. The lowest BCUT2D eigenvalue weighted by Gasteiger charge is -2.21. The van der Waals surface area contributed by atoms with Crippen molar-refractivity contribution in [1.82, 2.24) is 0 Å². The third-order valence-corrected chi connectivity index (χ3v) is 4.61. The molecule has 0 saturated heterocycles. The van der Waals surface area contributed by atoms with Crippen molar-refractivity contribution >= 4 is 6.47 Å². The molecule has 1 aliphatic rings. The molecule has 150 valence electrons. The van der Waals surface area contributed by atoms with E-state index in [0.717, 1.165) is 12.1 Å². The number of ether oxygens (including phenoxy) is 2. The molecule has 0 bridgehead atoms. The van der Waals surface area contributed by atoms with E-state index >= 15 is 0 Å². The SMILES string of the molecule is O=CO[C@@H]1CC[C@H](CC(O)O)C1/C=C/CCOc1cccc(C(F)(F)F)c1. The van der Waals surface area contributed by atoms with Crippen molar-refractivity contribution in [2.75, 3.05) is 6.61 Å². The minimum absolute atomic E-state index is 0.0180. The van der Waals surface area contributed by atoms with Gasteiger partial charge in [0.2, 0.25) is 0 Å². The largest absolute Gasteiger partial charge is 0.493 e. The van der Waals surface area contributed by atoms with Gasteiger partial charge in [0.1, 0.15) is 11.9 Å². The van der Waals surface area contributed by atoms with Crippen LogP contribution in [0.25, 0.3) is 0 Å². The molecule has 1 aliphatic carbocycles. The maximum absolute atomic E-state index is 12.7. The average Bonchev–Trinajstić information content (AvgIpc) is 2.95. The number of carbonyl (C=O) groups excluding carboxylic acids is 1. The summed E-state index contributed by atoms with van der Waals surface area (Å²) in [5.74, 6) is -0.0105. The van der Waals surface area contributed by atoms with Crippen LogP contribution in [0.2, 0.25) is 0 Å². The molecule has 1 fully saturated rings. The Morgan fingerprint density at radius 2 is 2.04 bits per heavy atom. The van der Waals surface area contributed by atoms with Crippen LogP contribution in [0.5, 0.6) is 5.75 Å². The Morgan fingerprint density at radius 3 is 2.70 bits per heavy atom. The van der Waals surface area contributed by atoms with Gasteiger partial charge in [-0.05, 0) is 43.4 Å². The molecule has 5 nitrogen and oxygen atoms in total. The smallest absolute Gasteiger partial charge is 0.416 e. The van der Waals surface area contributed by atoms with E-state index in [-0.39, 0.29) is 36.7 Å². The molecule has 1 saturated carbocycles. The molecule has 1 unspecified atom stereocenters. The Hall–Kier alpha value is -2.06. The molecule has 0 radical (unpaired) electrons. The Morgan fingerprint density at radius 1 is 1.26 bits per heavy atom. The predicted octanol–water partition coefficient (Wildman–Crippen LogP) is 3.30. The van der Waals surface area contributed by atoms with Crippen LogP contribution in [0, 0.1) is 11.8 Å². The maximum Gasteiger partial charge on any atom is 0.416 e. The van der Waals surface area contributed by atoms with Gasteiger partial charge in [-0.2, -0.15) is 13.2 Å². The van der Waals surface area contributed by atoms with Gasteiger partial charge < -0.3 is 19.7 Å². The fourth-order valence-corrected chi connectivity index (χ4v) is 3.38. The van der Waals surface area contributed by atoms with Gasteiger partial charge in [0.15, 0.2) is 6.29 Å². The van der Waals surface area contributed by atoms with Gasteiger partial charge in [-0.1, -0.05) is 18.2 Å². The van der Waals surface area contributed by atoms with E-state index in [1.807, 2.05) is 12.2 Å². The lowest BCUT2D eigenvalue weighted by Crippen LogP contribution is -2.23. The van der Waals surface area contributed by atoms with Gasteiger partial charge in [-0.3, -0.25) is 4.79 Å². The first kappa shape index (κ1) is 21.2. The third-order valence-electron chi connectivity index (χ3n) is 4.61. The summed E-state index contributed by atoms with van der Waals surface area (Å²) in [6.45, 7) is 0.580. The molecule has 2 N–H and O–H groups in total. The van der Waals surface area contributed by atoms with Crippen LogP contribution in [-0.2, 0) is 15.7 Å². The molecule has 0 heterocycles. The highest BCUT2D eigenvalue weighted by Crippen LogP contribution is 2.37. The zero-order valence-corrected chi connectivity index (χ0v) is 14.6. The van der Waals surface area contributed by atoms with E-state index in [4.69, 9.17) is 9.47 Å². The van der Waals surface area contributed by atoms with Crippen molar-refractivity contribution in [2.45, 2.75) is 44.3 Å². The van der Waals surface area contributed by atoms with Gasteiger partial charge in [0.25, 0.3) is 6.47 Å². The summed E-state index contributed by atoms with van der Waals surface area (Å²) in [7, 11) is 0. The molecule has 27 heavy (non-hydrogen) atoms. The lowest BCUT2D eigenvalue weighted by atomic mass is 9.91. The second-order valence-corrected chi connectivity index (χ2v) is 6.49. The highest BCUT2D eigenvalue weighted by Gasteiger charge is 2.36. The summed E-state index contributed by atoms with van der Waals surface area (Å²) in [5, 5.41) is 18.4. The topological polar surface area (TPSA) is 76.0 Å². The van der Waals surface area contributed by atoms with Crippen LogP contribution in [0.15, 0.2) is 36.4 Å². The summed E-state index contributed by atoms with van der Waals surface area (Å²) in [6, 6.07) is 4.68. The number of hydrogen-bond donors (Lipinski definition) is 2. The van der Waals surface area contributed by atoms with Crippen LogP contribution >= 0.6 is 0 Å². The van der Waals surface area contributed by atoms with Gasteiger partial charge in [0.05, 0.1) is 12.2 Å². The zero-order valence-electron chi connectivity index (χ0n) is 14.6. The van der Waals surface area contributed by atoms with Crippen molar-refractivity contribution in [3.05, 3.63) is 42.0 Å². The van der Waals surface area contributed by atoms with E-state index in [1.54, 1.807) is 0 Å². The van der Waals surface area contributed by atoms with Crippen LogP contribution in [-0.4, -0.2) is 35.7 Å². The number of alkyl halides is 3. The number of rotatable bonds is 9. The fourth-order valence-electron chi connectivity index (χ4n) is 3.38. The van der Waals surface area contributed by atoms with E-state index in [2.05, 4.69) is 0 Å². The molecular formula is C19H23F3O5. The molecule has 1 aromatic rings. The van der Waals surface area contributed by atoms with Crippen LogP contribution in [0.1, 0.15) is 31.2 Å². The summed E-state index contributed by atoms with van der Waals surface area (Å²) in [6.07, 6.45) is -0.495. The zero-order chi connectivity index (χ0) is 19.9. The van der Waals surface area contributed by atoms with Gasteiger partial charge >= 0.3 is 6.18 Å². The van der Waals surface area contributed by atoms with Gasteiger partial charge in [-0.15, -0.1) is 0 Å². The Labute approximate surface area is 155 Å². The Balaban J connectivity index is 1.87. The van der Waals surface area contributed by atoms with E-state index in [0.29, 0.717) is 25.7 Å². The normalized spacial score (nSPS) is 23.1. The van der Waals surface area contributed by atoms with Crippen molar-refractivity contribution < 1.29 is 37.7 Å². The van der Waals surface area contributed by atoms with Crippen molar-refractivity contribution in [1.29, 1.82) is 0 Å². The van der Waals surface area contributed by atoms with Gasteiger partial charge in [0, 0.05) is 12.3 Å². The molecule has 0 amide bonds. The molecule has 0 aliphatic heterocycles. The summed E-state index contributed by atoms with van der Waals surface area (Å²) < 4.78 is 48.4. The van der Waals surface area contributed by atoms with E-state index in [1.165, 1.54) is 12.1 Å². The number of aliphatic hydroxyl groups excluding tert-OH is 1. The second-order valence-electron chi connectivity index (χ2n) is 6.49. The number of benzene rings is 1. The van der Waals surface area contributed by atoms with Crippen LogP contribution < -0.4 is 4.74 Å². The highest BCUT2D eigenvalue weighted by atomic mass is 19.4. The molecule has 2 rings (SSSR count). The third kappa shape index (κ3) is 6.55. The highest BCUT2D eigenvalue weighted by molar-refractivity contribution is 5.38. The number of aliphatic hydroxyl groups is 2. The Bertz CT molecular complexity index is 630. The first-order valence-corrected chi connectivity index (χ1v) is 8.73. The van der Waals surface area contributed by atoms with E-state index in [9.17, 15) is 28.2 Å². The first-order chi connectivity index (χ1) is 12.8. The summed E-state index contributed by atoms with van der Waals surface area (Å²) in [5.41, 5.74) is -0.763. The number of carbonyl (C=O) groups is 1. The van der Waals surface area contributed by atoms with Crippen LogP contribution in [0.3, 0.4) is 0 Å². The lowest BCUT2D eigenvalue weighted by molar-refractivity contribution is -0.138. The molecular weight excluding hydrogens is 365 g/mol. The minimum atomic E-state index is -4.42. The standard InChI is InChI=1S/C19H23F3O5/c20-19(21,22)14-4-3-5-15(11-14)26-9-2-1-6-16-13(10-18(24)25)7-8-17(16)27-12-23/h1,3-6,11-13,16-18,24-25H,2,7-10H2/b6-1+/t13-,16?,17-/m1/s1. The predicted molar refractivity (Wildman–Crippen MR) is 90.7 cm³/mol. The quantitative estimate of drug-likeness (QED) is 0.294. The summed E-state index contributed by atoms with van der Waals surface area (Å²) >= 11 is 0.